The van der Waals surface area contributed by atoms with Gasteiger partial charge < -0.3 is 9.84 Å². The number of carbonyl (C=O) groups is 1. The standard InChI is InChI=1S/C15H13BrO3/c1-9-4-3-5-10(2)14(9)19-13-8-11(16)6-7-12(13)15(17)18/h3-8H,1-2H3,(H,17,18). The van der Waals surface area contributed by atoms with Crippen molar-refractivity contribution in [3.05, 3.63) is 57.6 Å². The Morgan fingerprint density at radius 2 is 1.79 bits per heavy atom. The molecule has 98 valence electrons. The van der Waals surface area contributed by atoms with E-state index in [2.05, 4.69) is 15.9 Å². The van der Waals surface area contributed by atoms with E-state index in [1.165, 1.54) is 6.07 Å². The lowest BCUT2D eigenvalue weighted by atomic mass is 10.1. The van der Waals surface area contributed by atoms with Gasteiger partial charge in [-0.05, 0) is 43.2 Å². The highest BCUT2D eigenvalue weighted by molar-refractivity contribution is 9.10. The molecule has 0 saturated carbocycles. The minimum atomic E-state index is -1.01. The number of hydrogen-bond donors (Lipinski definition) is 1. The van der Waals surface area contributed by atoms with Gasteiger partial charge in [-0.3, -0.25) is 0 Å². The van der Waals surface area contributed by atoms with Crippen LogP contribution in [0.3, 0.4) is 0 Å². The quantitative estimate of drug-likeness (QED) is 0.902. The van der Waals surface area contributed by atoms with Crippen molar-refractivity contribution < 1.29 is 14.6 Å². The first-order valence-corrected chi connectivity index (χ1v) is 6.55. The van der Waals surface area contributed by atoms with Gasteiger partial charge in [-0.1, -0.05) is 34.1 Å². The zero-order valence-electron chi connectivity index (χ0n) is 10.6. The maximum Gasteiger partial charge on any atom is 0.339 e. The Balaban J connectivity index is 2.49. The average molecular weight is 321 g/mol. The summed E-state index contributed by atoms with van der Waals surface area (Å²) in [6, 6.07) is 10.7. The Hall–Kier alpha value is -1.81. The number of carboxylic acids is 1. The number of benzene rings is 2. The van der Waals surface area contributed by atoms with Gasteiger partial charge in [0.2, 0.25) is 0 Å². The fraction of sp³-hybridized carbons (Fsp3) is 0.133. The van der Waals surface area contributed by atoms with Gasteiger partial charge in [0.1, 0.15) is 17.1 Å². The first-order chi connectivity index (χ1) is 8.99. The Bertz CT molecular complexity index is 615. The van der Waals surface area contributed by atoms with Crippen LogP contribution >= 0.6 is 15.9 Å². The van der Waals surface area contributed by atoms with Gasteiger partial charge in [0.05, 0.1) is 0 Å². The maximum absolute atomic E-state index is 11.2. The van der Waals surface area contributed by atoms with Crippen LogP contribution in [0.15, 0.2) is 40.9 Å². The van der Waals surface area contributed by atoms with E-state index >= 15 is 0 Å². The summed E-state index contributed by atoms with van der Waals surface area (Å²) in [5.74, 6) is 0.0242. The van der Waals surface area contributed by atoms with Crippen LogP contribution in [0.5, 0.6) is 11.5 Å². The molecule has 2 rings (SSSR count). The summed E-state index contributed by atoms with van der Waals surface area (Å²) in [6.45, 7) is 3.86. The molecule has 0 aliphatic heterocycles. The SMILES string of the molecule is Cc1cccc(C)c1Oc1cc(Br)ccc1C(=O)O. The lowest BCUT2D eigenvalue weighted by Gasteiger charge is -2.13. The fourth-order valence-corrected chi connectivity index (χ4v) is 2.17. The zero-order valence-corrected chi connectivity index (χ0v) is 12.2. The monoisotopic (exact) mass is 320 g/mol. The molecule has 2 aromatic rings. The Kier molecular flexibility index (Phi) is 3.90. The molecular weight excluding hydrogens is 308 g/mol. The number of ether oxygens (including phenoxy) is 1. The van der Waals surface area contributed by atoms with Gasteiger partial charge in [-0.25, -0.2) is 4.79 Å². The summed E-state index contributed by atoms with van der Waals surface area (Å²) in [4.78, 5) is 11.2. The van der Waals surface area contributed by atoms with Crippen LogP contribution in [0.25, 0.3) is 0 Å². The first-order valence-electron chi connectivity index (χ1n) is 5.76. The minimum Gasteiger partial charge on any atom is -0.478 e. The lowest BCUT2D eigenvalue weighted by Crippen LogP contribution is -2.01. The molecular formula is C15H13BrO3. The molecule has 0 saturated heterocycles. The smallest absolute Gasteiger partial charge is 0.339 e. The third-order valence-corrected chi connectivity index (χ3v) is 3.29. The van der Waals surface area contributed by atoms with Crippen molar-refractivity contribution in [1.82, 2.24) is 0 Å². The van der Waals surface area contributed by atoms with Crippen molar-refractivity contribution in [2.45, 2.75) is 13.8 Å². The van der Waals surface area contributed by atoms with Crippen LogP contribution in [-0.4, -0.2) is 11.1 Å². The topological polar surface area (TPSA) is 46.5 Å². The van der Waals surface area contributed by atoms with E-state index < -0.39 is 5.97 Å². The molecule has 0 radical (unpaired) electrons. The summed E-state index contributed by atoms with van der Waals surface area (Å²) in [5.41, 5.74) is 2.08. The number of hydrogen-bond acceptors (Lipinski definition) is 2. The summed E-state index contributed by atoms with van der Waals surface area (Å²) < 4.78 is 6.58. The van der Waals surface area contributed by atoms with Crippen molar-refractivity contribution in [2.24, 2.45) is 0 Å². The normalized spacial score (nSPS) is 10.3. The molecule has 0 aliphatic rings. The van der Waals surface area contributed by atoms with Crippen LogP contribution in [-0.2, 0) is 0 Å². The number of aryl methyl sites for hydroxylation is 2. The highest BCUT2D eigenvalue weighted by Crippen LogP contribution is 2.32. The highest BCUT2D eigenvalue weighted by Gasteiger charge is 2.14. The second kappa shape index (κ2) is 5.45. The van der Waals surface area contributed by atoms with E-state index in [0.717, 1.165) is 15.6 Å². The van der Waals surface area contributed by atoms with Crippen molar-refractivity contribution in [3.8, 4) is 11.5 Å². The number of rotatable bonds is 3. The molecule has 0 aliphatic carbocycles. The van der Waals surface area contributed by atoms with Crippen molar-refractivity contribution in [2.75, 3.05) is 0 Å². The van der Waals surface area contributed by atoms with Crippen LogP contribution in [0.4, 0.5) is 0 Å². The number of aromatic carboxylic acids is 1. The average Bonchev–Trinajstić information content (AvgIpc) is 2.33. The summed E-state index contributed by atoms with van der Waals surface area (Å²) >= 11 is 3.32. The third-order valence-electron chi connectivity index (χ3n) is 2.79. The molecule has 2 aromatic carbocycles. The molecule has 0 atom stereocenters. The molecule has 0 amide bonds. The van der Waals surface area contributed by atoms with E-state index in [1.807, 2.05) is 32.0 Å². The van der Waals surface area contributed by atoms with Crippen molar-refractivity contribution in [3.63, 3.8) is 0 Å². The summed E-state index contributed by atoms with van der Waals surface area (Å²) in [5, 5.41) is 9.18. The molecule has 0 spiro atoms. The van der Waals surface area contributed by atoms with Crippen LogP contribution in [0.1, 0.15) is 21.5 Å². The van der Waals surface area contributed by atoms with Gasteiger partial charge in [0.15, 0.2) is 0 Å². The fourth-order valence-electron chi connectivity index (χ4n) is 1.83. The molecule has 3 nitrogen and oxygen atoms in total. The molecule has 19 heavy (non-hydrogen) atoms. The maximum atomic E-state index is 11.2. The molecule has 0 fully saturated rings. The van der Waals surface area contributed by atoms with Gasteiger partial charge in [-0.15, -0.1) is 0 Å². The van der Waals surface area contributed by atoms with E-state index in [-0.39, 0.29) is 5.56 Å². The van der Waals surface area contributed by atoms with Gasteiger partial charge >= 0.3 is 5.97 Å². The zero-order chi connectivity index (χ0) is 14.0. The van der Waals surface area contributed by atoms with Crippen molar-refractivity contribution >= 4 is 21.9 Å². The van der Waals surface area contributed by atoms with Crippen molar-refractivity contribution in [1.29, 1.82) is 0 Å². The summed E-state index contributed by atoms with van der Waals surface area (Å²) in [6.07, 6.45) is 0. The largest absolute Gasteiger partial charge is 0.478 e. The van der Waals surface area contributed by atoms with E-state index in [9.17, 15) is 9.90 Å². The molecule has 4 heteroatoms. The highest BCUT2D eigenvalue weighted by atomic mass is 79.9. The first kappa shape index (κ1) is 13.6. The Labute approximate surface area is 120 Å². The van der Waals surface area contributed by atoms with E-state index in [4.69, 9.17) is 4.74 Å². The summed E-state index contributed by atoms with van der Waals surface area (Å²) in [7, 11) is 0. The predicted molar refractivity (Wildman–Crippen MR) is 77.1 cm³/mol. The third kappa shape index (κ3) is 2.96. The predicted octanol–water partition coefficient (Wildman–Crippen LogP) is 4.56. The van der Waals surface area contributed by atoms with Gasteiger partial charge in [0, 0.05) is 4.47 Å². The van der Waals surface area contributed by atoms with Gasteiger partial charge in [-0.2, -0.15) is 0 Å². The Morgan fingerprint density at radius 3 is 2.37 bits per heavy atom. The molecule has 0 heterocycles. The van der Waals surface area contributed by atoms with Crippen LogP contribution in [0, 0.1) is 13.8 Å². The second-order valence-corrected chi connectivity index (χ2v) is 5.18. The number of halogens is 1. The molecule has 0 bridgehead atoms. The second-order valence-electron chi connectivity index (χ2n) is 4.27. The Morgan fingerprint density at radius 1 is 1.16 bits per heavy atom. The van der Waals surface area contributed by atoms with Gasteiger partial charge in [0.25, 0.3) is 0 Å². The molecule has 0 aromatic heterocycles. The van der Waals surface area contributed by atoms with E-state index in [0.29, 0.717) is 11.5 Å². The number of para-hydroxylation sites is 1. The molecule has 1 N–H and O–H groups in total. The van der Waals surface area contributed by atoms with Crippen LogP contribution < -0.4 is 4.74 Å². The molecule has 0 unspecified atom stereocenters. The minimum absolute atomic E-state index is 0.144. The van der Waals surface area contributed by atoms with Crippen LogP contribution in [0.2, 0.25) is 0 Å². The number of carboxylic acid groups (broad SMARTS) is 1. The lowest BCUT2D eigenvalue weighted by molar-refractivity contribution is 0.0694. The van der Waals surface area contributed by atoms with E-state index in [1.54, 1.807) is 12.1 Å².